The molecule has 0 amide bonds. The number of benzene rings is 1. The third kappa shape index (κ3) is 2.89. The Morgan fingerprint density at radius 2 is 2.12 bits per heavy atom. The van der Waals surface area contributed by atoms with E-state index in [1.807, 2.05) is 6.92 Å². The Balaban J connectivity index is 2.39. The molecule has 1 nitrogen and oxygen atoms in total. The minimum absolute atomic E-state index is 0.197. The van der Waals surface area contributed by atoms with Crippen LogP contribution in [0.1, 0.15) is 22.0 Å². The highest BCUT2D eigenvalue weighted by Gasteiger charge is 2.16. The monoisotopic (exact) mass is 425 g/mol. The van der Waals surface area contributed by atoms with E-state index in [4.69, 9.17) is 5.73 Å². The minimum Gasteiger partial charge on any atom is -0.320 e. The molecule has 0 radical (unpaired) electrons. The van der Waals surface area contributed by atoms with Crippen LogP contribution in [0, 0.1) is 16.3 Å². The van der Waals surface area contributed by atoms with Crippen molar-refractivity contribution >= 4 is 49.9 Å². The van der Waals surface area contributed by atoms with Crippen LogP contribution in [0.4, 0.5) is 4.39 Å². The Hall–Kier alpha value is 0.0200. The topological polar surface area (TPSA) is 26.0 Å². The maximum Gasteiger partial charge on any atom is 0.124 e. The molecule has 0 aliphatic rings. The molecule has 1 aromatic heterocycles. The number of hydrogen-bond donors (Lipinski definition) is 1. The molecule has 1 aromatic carbocycles. The van der Waals surface area contributed by atoms with Crippen molar-refractivity contribution in [2.24, 2.45) is 5.73 Å². The number of thiophene rings is 1. The van der Waals surface area contributed by atoms with Crippen molar-refractivity contribution in [2.45, 2.75) is 13.0 Å². The molecule has 2 N–H and O–H groups in total. The average molecular weight is 426 g/mol. The van der Waals surface area contributed by atoms with E-state index in [1.165, 1.54) is 17.7 Å². The Bertz CT molecular complexity index is 536. The molecule has 2 rings (SSSR count). The lowest BCUT2D eigenvalue weighted by atomic mass is 10.1. The standard InChI is InChI=1S/C12H10BrFINS/c1-6-4-10(17-12(6)13)11(16)8-3-2-7(14)5-9(8)15/h2-5,11H,16H2,1H3. The SMILES string of the molecule is Cc1cc(C(N)c2ccc(F)cc2I)sc1Br. The van der Waals surface area contributed by atoms with Crippen LogP contribution in [-0.2, 0) is 0 Å². The van der Waals surface area contributed by atoms with Crippen LogP contribution in [-0.4, -0.2) is 0 Å². The van der Waals surface area contributed by atoms with Crippen molar-refractivity contribution < 1.29 is 4.39 Å². The lowest BCUT2D eigenvalue weighted by Gasteiger charge is -2.12. The van der Waals surface area contributed by atoms with Crippen molar-refractivity contribution in [2.75, 3.05) is 0 Å². The highest BCUT2D eigenvalue weighted by Crippen LogP contribution is 2.34. The molecule has 0 saturated carbocycles. The van der Waals surface area contributed by atoms with Gasteiger partial charge in [-0.15, -0.1) is 11.3 Å². The molecule has 17 heavy (non-hydrogen) atoms. The van der Waals surface area contributed by atoms with E-state index >= 15 is 0 Å². The predicted molar refractivity (Wildman–Crippen MR) is 81.9 cm³/mol. The molecule has 0 saturated heterocycles. The summed E-state index contributed by atoms with van der Waals surface area (Å²) in [5, 5.41) is 0. The van der Waals surface area contributed by atoms with E-state index in [0.717, 1.165) is 17.8 Å². The Labute approximate surface area is 125 Å². The number of rotatable bonds is 2. The van der Waals surface area contributed by atoms with Crippen molar-refractivity contribution in [3.8, 4) is 0 Å². The van der Waals surface area contributed by atoms with Crippen LogP contribution in [0.5, 0.6) is 0 Å². The van der Waals surface area contributed by atoms with Crippen LogP contribution < -0.4 is 5.73 Å². The molecule has 1 atom stereocenters. The van der Waals surface area contributed by atoms with Crippen LogP contribution in [0.2, 0.25) is 0 Å². The summed E-state index contributed by atoms with van der Waals surface area (Å²) in [6.07, 6.45) is 0. The zero-order valence-corrected chi connectivity index (χ0v) is 13.6. The second kappa shape index (κ2) is 5.34. The van der Waals surface area contributed by atoms with Crippen LogP contribution in [0.3, 0.4) is 0 Å². The number of halogens is 3. The molecule has 0 spiro atoms. The van der Waals surface area contributed by atoms with E-state index in [1.54, 1.807) is 17.4 Å². The maximum absolute atomic E-state index is 13.0. The van der Waals surface area contributed by atoms with Crippen LogP contribution >= 0.6 is 49.9 Å². The largest absolute Gasteiger partial charge is 0.320 e. The fourth-order valence-corrected chi connectivity index (χ4v) is 3.95. The summed E-state index contributed by atoms with van der Waals surface area (Å²) in [6, 6.07) is 6.58. The quantitative estimate of drug-likeness (QED) is 0.698. The smallest absolute Gasteiger partial charge is 0.124 e. The maximum atomic E-state index is 13.0. The summed E-state index contributed by atoms with van der Waals surface area (Å²) in [5.41, 5.74) is 8.35. The zero-order chi connectivity index (χ0) is 12.6. The van der Waals surface area contributed by atoms with Gasteiger partial charge in [0.05, 0.1) is 9.83 Å². The fraction of sp³-hybridized carbons (Fsp3) is 0.167. The lowest BCUT2D eigenvalue weighted by Crippen LogP contribution is -2.11. The predicted octanol–water partition coefficient (Wildman–Crippen LogP) is 4.61. The zero-order valence-electron chi connectivity index (χ0n) is 9.01. The summed E-state index contributed by atoms with van der Waals surface area (Å²) in [7, 11) is 0. The highest BCUT2D eigenvalue weighted by molar-refractivity contribution is 14.1. The number of nitrogens with two attached hydrogens (primary N) is 1. The van der Waals surface area contributed by atoms with Gasteiger partial charge in [0.25, 0.3) is 0 Å². The first kappa shape index (κ1) is 13.5. The molecule has 1 heterocycles. The fourth-order valence-electron chi connectivity index (χ4n) is 1.54. The lowest BCUT2D eigenvalue weighted by molar-refractivity contribution is 0.625. The van der Waals surface area contributed by atoms with Crippen LogP contribution in [0.25, 0.3) is 0 Å². The molecule has 5 heteroatoms. The number of hydrogen-bond acceptors (Lipinski definition) is 2. The van der Waals surface area contributed by atoms with Gasteiger partial charge in [-0.1, -0.05) is 6.07 Å². The van der Waals surface area contributed by atoms with Crippen molar-refractivity contribution in [1.29, 1.82) is 0 Å². The van der Waals surface area contributed by atoms with E-state index in [2.05, 4.69) is 44.6 Å². The normalized spacial score (nSPS) is 12.8. The summed E-state index contributed by atoms with van der Waals surface area (Å²) >= 11 is 7.23. The van der Waals surface area contributed by atoms with Gasteiger partial charge < -0.3 is 5.73 Å². The molecule has 1 unspecified atom stereocenters. The van der Waals surface area contributed by atoms with Gasteiger partial charge in [-0.2, -0.15) is 0 Å². The molecule has 0 aliphatic heterocycles. The molecule has 2 aromatic rings. The first-order valence-electron chi connectivity index (χ1n) is 4.95. The Morgan fingerprint density at radius 3 is 2.65 bits per heavy atom. The van der Waals surface area contributed by atoms with E-state index in [0.29, 0.717) is 0 Å². The minimum atomic E-state index is -0.228. The Morgan fingerprint density at radius 1 is 1.41 bits per heavy atom. The second-order valence-corrected chi connectivity index (χ2v) is 7.31. The molecule has 0 aliphatic carbocycles. The van der Waals surface area contributed by atoms with Gasteiger partial charge in [0.2, 0.25) is 0 Å². The first-order valence-corrected chi connectivity index (χ1v) is 7.64. The molecule has 90 valence electrons. The Kier molecular flexibility index (Phi) is 4.22. The third-order valence-corrected chi connectivity index (χ3v) is 5.63. The van der Waals surface area contributed by atoms with Gasteiger partial charge in [0.15, 0.2) is 0 Å². The van der Waals surface area contributed by atoms with Gasteiger partial charge in [0.1, 0.15) is 5.82 Å². The highest BCUT2D eigenvalue weighted by atomic mass is 127. The van der Waals surface area contributed by atoms with Crippen molar-refractivity contribution in [1.82, 2.24) is 0 Å². The summed E-state index contributed by atoms with van der Waals surface area (Å²) in [6.45, 7) is 2.03. The van der Waals surface area contributed by atoms with Gasteiger partial charge in [-0.05, 0) is 74.8 Å². The van der Waals surface area contributed by atoms with Gasteiger partial charge in [-0.3, -0.25) is 0 Å². The van der Waals surface area contributed by atoms with E-state index in [-0.39, 0.29) is 11.9 Å². The molecule has 0 fully saturated rings. The third-order valence-electron chi connectivity index (χ3n) is 2.48. The van der Waals surface area contributed by atoms with E-state index < -0.39 is 0 Å². The van der Waals surface area contributed by atoms with E-state index in [9.17, 15) is 4.39 Å². The van der Waals surface area contributed by atoms with Crippen LogP contribution in [0.15, 0.2) is 28.1 Å². The van der Waals surface area contributed by atoms with Crippen molar-refractivity contribution in [3.05, 3.63) is 53.4 Å². The summed E-state index contributed by atoms with van der Waals surface area (Å²) in [4.78, 5) is 1.08. The first-order chi connectivity index (χ1) is 7.99. The molecular formula is C12H10BrFINS. The van der Waals surface area contributed by atoms with Gasteiger partial charge in [0, 0.05) is 8.45 Å². The second-order valence-electron chi connectivity index (χ2n) is 3.75. The number of aryl methyl sites for hydroxylation is 1. The molecule has 0 bridgehead atoms. The average Bonchev–Trinajstić information content (AvgIpc) is 2.58. The van der Waals surface area contributed by atoms with Gasteiger partial charge in [-0.25, -0.2) is 4.39 Å². The van der Waals surface area contributed by atoms with Gasteiger partial charge >= 0.3 is 0 Å². The summed E-state index contributed by atoms with van der Waals surface area (Å²) < 4.78 is 15.0. The van der Waals surface area contributed by atoms with Crippen molar-refractivity contribution in [3.63, 3.8) is 0 Å². The molecular weight excluding hydrogens is 416 g/mol. The summed E-state index contributed by atoms with van der Waals surface area (Å²) in [5.74, 6) is -0.228.